The lowest BCUT2D eigenvalue weighted by Gasteiger charge is -2.09. The summed E-state index contributed by atoms with van der Waals surface area (Å²) in [5, 5.41) is 5.44. The van der Waals surface area contributed by atoms with Gasteiger partial charge in [-0.05, 0) is 29.8 Å². The topological polar surface area (TPSA) is 76.1 Å². The summed E-state index contributed by atoms with van der Waals surface area (Å²) in [6.07, 6.45) is 1.19. The van der Waals surface area contributed by atoms with Crippen molar-refractivity contribution in [2.75, 3.05) is 12.4 Å². The molecule has 27 heavy (non-hydrogen) atoms. The van der Waals surface area contributed by atoms with Crippen LogP contribution in [-0.4, -0.2) is 23.0 Å². The lowest BCUT2D eigenvalue weighted by Crippen LogP contribution is -2.24. The van der Waals surface area contributed by atoms with Crippen molar-refractivity contribution in [3.05, 3.63) is 77.8 Å². The van der Waals surface area contributed by atoms with Gasteiger partial charge in [0.05, 0.1) is 12.8 Å². The van der Waals surface area contributed by atoms with Gasteiger partial charge in [0.15, 0.2) is 0 Å². The number of nitrogens with one attached hydrogen (secondary N) is 2. The van der Waals surface area contributed by atoms with Gasteiger partial charge in [0.1, 0.15) is 35.2 Å². The number of hydrogen-bond acceptors (Lipinski definition) is 5. The molecule has 0 spiro atoms. The number of hydrogen-bond donors (Lipinski definition) is 2. The van der Waals surface area contributed by atoms with Gasteiger partial charge in [-0.15, -0.1) is 0 Å². The van der Waals surface area contributed by atoms with Gasteiger partial charge in [-0.2, -0.15) is 0 Å². The van der Waals surface area contributed by atoms with Crippen LogP contribution in [0.4, 0.5) is 20.3 Å². The van der Waals surface area contributed by atoms with Crippen LogP contribution >= 0.6 is 0 Å². The van der Waals surface area contributed by atoms with Gasteiger partial charge in [-0.3, -0.25) is 4.79 Å². The first kappa shape index (κ1) is 18.2. The summed E-state index contributed by atoms with van der Waals surface area (Å²) in [5.74, 6) is -0.913. The second-order valence-corrected chi connectivity index (χ2v) is 5.57. The Morgan fingerprint density at radius 2 is 1.85 bits per heavy atom. The summed E-state index contributed by atoms with van der Waals surface area (Å²) < 4.78 is 31.8. The van der Waals surface area contributed by atoms with Gasteiger partial charge in [-0.1, -0.05) is 12.1 Å². The van der Waals surface area contributed by atoms with E-state index in [0.717, 1.165) is 23.4 Å². The van der Waals surface area contributed by atoms with Gasteiger partial charge in [0, 0.05) is 18.7 Å². The molecule has 3 rings (SSSR count). The monoisotopic (exact) mass is 370 g/mol. The molecule has 0 fully saturated rings. The smallest absolute Gasteiger partial charge is 0.270 e. The molecule has 1 amide bonds. The highest BCUT2D eigenvalue weighted by Crippen LogP contribution is 2.19. The summed E-state index contributed by atoms with van der Waals surface area (Å²) >= 11 is 0. The number of anilines is 2. The average molecular weight is 370 g/mol. The summed E-state index contributed by atoms with van der Waals surface area (Å²) in [6, 6.07) is 11.8. The van der Waals surface area contributed by atoms with Crippen LogP contribution in [0.25, 0.3) is 0 Å². The fourth-order valence-electron chi connectivity index (χ4n) is 2.29. The molecule has 0 saturated carbocycles. The molecule has 0 aliphatic rings. The lowest BCUT2D eigenvalue weighted by molar-refractivity contribution is 0.0946. The molecule has 0 radical (unpaired) electrons. The zero-order valence-electron chi connectivity index (χ0n) is 14.4. The van der Waals surface area contributed by atoms with Crippen LogP contribution < -0.4 is 15.4 Å². The van der Waals surface area contributed by atoms with E-state index in [1.807, 2.05) is 12.1 Å². The second-order valence-electron chi connectivity index (χ2n) is 5.57. The Labute approximate surface area is 154 Å². The third-order valence-electron chi connectivity index (χ3n) is 3.71. The number of rotatable bonds is 6. The van der Waals surface area contributed by atoms with Gasteiger partial charge in [-0.25, -0.2) is 18.7 Å². The standard InChI is InChI=1S/C19H16F2N4O2/c1-27-14-5-2-12(3-6-14)10-22-19(26)17-9-18(24-11-23-17)25-16-7-4-13(20)8-15(16)21/h2-9,11H,10H2,1H3,(H,22,26)(H,23,24,25). The molecule has 1 aromatic heterocycles. The van der Waals surface area contributed by atoms with Crippen LogP contribution in [0, 0.1) is 11.6 Å². The van der Waals surface area contributed by atoms with Gasteiger partial charge >= 0.3 is 0 Å². The van der Waals surface area contributed by atoms with Gasteiger partial charge < -0.3 is 15.4 Å². The zero-order valence-corrected chi connectivity index (χ0v) is 14.4. The van der Waals surface area contributed by atoms with Crippen molar-refractivity contribution in [2.45, 2.75) is 6.54 Å². The Balaban J connectivity index is 1.65. The van der Waals surface area contributed by atoms with Gasteiger partial charge in [0.25, 0.3) is 5.91 Å². The predicted octanol–water partition coefficient (Wildman–Crippen LogP) is 3.44. The number of nitrogens with zero attached hydrogens (tertiary/aromatic N) is 2. The molecule has 0 bridgehead atoms. The summed E-state index contributed by atoms with van der Waals surface area (Å²) in [6.45, 7) is 0.308. The Morgan fingerprint density at radius 1 is 1.07 bits per heavy atom. The highest BCUT2D eigenvalue weighted by molar-refractivity contribution is 5.92. The Morgan fingerprint density at radius 3 is 2.56 bits per heavy atom. The maximum Gasteiger partial charge on any atom is 0.270 e. The molecule has 138 valence electrons. The summed E-state index contributed by atoms with van der Waals surface area (Å²) in [4.78, 5) is 20.1. The highest BCUT2D eigenvalue weighted by Gasteiger charge is 2.10. The van der Waals surface area contributed by atoms with Gasteiger partial charge in [0.2, 0.25) is 0 Å². The number of ether oxygens (including phenoxy) is 1. The lowest BCUT2D eigenvalue weighted by atomic mass is 10.2. The minimum absolute atomic E-state index is 0.0414. The van der Waals surface area contributed by atoms with Crippen LogP contribution in [0.1, 0.15) is 16.1 Å². The largest absolute Gasteiger partial charge is 0.497 e. The number of carbonyl (C=O) groups is 1. The molecule has 3 aromatic rings. The second kappa shape index (κ2) is 8.22. The van der Waals surface area contributed by atoms with Crippen LogP contribution in [0.3, 0.4) is 0 Å². The number of halogens is 2. The third-order valence-corrected chi connectivity index (χ3v) is 3.71. The number of carbonyl (C=O) groups excluding carboxylic acids is 1. The van der Waals surface area contributed by atoms with E-state index in [1.54, 1.807) is 19.2 Å². The van der Waals surface area contributed by atoms with Crippen LogP contribution in [0.2, 0.25) is 0 Å². The number of aromatic nitrogens is 2. The fraction of sp³-hybridized carbons (Fsp3) is 0.105. The van der Waals surface area contributed by atoms with E-state index in [2.05, 4.69) is 20.6 Å². The van der Waals surface area contributed by atoms with E-state index >= 15 is 0 Å². The van der Waals surface area contributed by atoms with Crippen molar-refractivity contribution in [1.82, 2.24) is 15.3 Å². The van der Waals surface area contributed by atoms with E-state index in [9.17, 15) is 13.6 Å². The minimum atomic E-state index is -0.765. The molecule has 2 aromatic carbocycles. The van der Waals surface area contributed by atoms with Crippen molar-refractivity contribution in [2.24, 2.45) is 0 Å². The molecular formula is C19H16F2N4O2. The van der Waals surface area contributed by atoms with E-state index in [4.69, 9.17) is 4.74 Å². The maximum atomic E-state index is 13.7. The number of benzene rings is 2. The third kappa shape index (κ3) is 4.75. The molecule has 1 heterocycles. The first-order chi connectivity index (χ1) is 13.0. The molecular weight excluding hydrogens is 354 g/mol. The molecule has 0 aliphatic heterocycles. The quantitative estimate of drug-likeness (QED) is 0.695. The first-order valence-electron chi connectivity index (χ1n) is 8.00. The summed E-state index contributed by atoms with van der Waals surface area (Å²) in [5.41, 5.74) is 1.05. The van der Waals surface area contributed by atoms with Crippen molar-refractivity contribution in [1.29, 1.82) is 0 Å². The Hall–Kier alpha value is -3.55. The molecule has 0 aliphatic carbocycles. The maximum absolute atomic E-state index is 13.7. The predicted molar refractivity (Wildman–Crippen MR) is 95.8 cm³/mol. The zero-order chi connectivity index (χ0) is 19.2. The number of methoxy groups -OCH3 is 1. The molecule has 6 nitrogen and oxygen atoms in total. The molecule has 0 saturated heterocycles. The van der Waals surface area contributed by atoms with E-state index in [0.29, 0.717) is 6.54 Å². The average Bonchev–Trinajstić information content (AvgIpc) is 2.69. The van der Waals surface area contributed by atoms with Crippen molar-refractivity contribution < 1.29 is 18.3 Å². The molecule has 2 N–H and O–H groups in total. The van der Waals surface area contributed by atoms with Crippen LogP contribution in [0.5, 0.6) is 5.75 Å². The van der Waals surface area contributed by atoms with E-state index in [-0.39, 0.29) is 17.2 Å². The molecule has 8 heteroatoms. The van der Waals surface area contributed by atoms with Crippen molar-refractivity contribution in [3.63, 3.8) is 0 Å². The van der Waals surface area contributed by atoms with E-state index in [1.165, 1.54) is 18.5 Å². The molecule has 0 atom stereocenters. The molecule has 0 unspecified atom stereocenters. The Bertz CT molecular complexity index is 949. The normalized spacial score (nSPS) is 10.3. The first-order valence-corrected chi connectivity index (χ1v) is 8.00. The highest BCUT2D eigenvalue weighted by atomic mass is 19.1. The SMILES string of the molecule is COc1ccc(CNC(=O)c2cc(Nc3ccc(F)cc3F)ncn2)cc1. The van der Waals surface area contributed by atoms with Crippen LogP contribution in [-0.2, 0) is 6.54 Å². The minimum Gasteiger partial charge on any atom is -0.497 e. The summed E-state index contributed by atoms with van der Waals surface area (Å²) in [7, 11) is 1.58. The van der Waals surface area contributed by atoms with Crippen LogP contribution in [0.15, 0.2) is 54.9 Å². The number of amides is 1. The van der Waals surface area contributed by atoms with Crippen molar-refractivity contribution in [3.8, 4) is 5.75 Å². The fourth-order valence-corrected chi connectivity index (χ4v) is 2.29. The Kier molecular flexibility index (Phi) is 5.55. The van der Waals surface area contributed by atoms with E-state index < -0.39 is 17.5 Å². The van der Waals surface area contributed by atoms with Crippen molar-refractivity contribution >= 4 is 17.4 Å².